The van der Waals surface area contributed by atoms with Crippen molar-refractivity contribution in [3.63, 3.8) is 0 Å². The van der Waals surface area contributed by atoms with Gasteiger partial charge >= 0.3 is 0 Å². The quantitative estimate of drug-likeness (QED) is 0.273. The Morgan fingerprint density at radius 2 is 1.72 bits per heavy atom. The van der Waals surface area contributed by atoms with Crippen LogP contribution in [0.1, 0.15) is 42.5 Å². The first-order chi connectivity index (χ1) is 17.7. The molecule has 2 unspecified atom stereocenters. The zero-order valence-electron chi connectivity index (χ0n) is 20.3. The Kier molecular flexibility index (Phi) is 6.07. The summed E-state index contributed by atoms with van der Waals surface area (Å²) in [7, 11) is 1.60. The number of carbonyl (C=O) groups excluding carboxylic acids is 1. The number of methoxy groups -OCH3 is 1. The van der Waals surface area contributed by atoms with Crippen LogP contribution in [0.4, 0.5) is 11.4 Å². The fourth-order valence-electron chi connectivity index (χ4n) is 5.12. The molecule has 2 atom stereocenters. The Labute approximate surface area is 210 Å². The first-order valence-electron chi connectivity index (χ1n) is 12.6. The van der Waals surface area contributed by atoms with Crippen molar-refractivity contribution in [2.24, 2.45) is 5.92 Å². The lowest BCUT2D eigenvalue weighted by molar-refractivity contribution is 0.102. The smallest absolute Gasteiger partial charge is 0.255 e. The number of imidazole rings is 1. The number of epoxide rings is 1. The molecular formula is C29H30N4O3. The lowest BCUT2D eigenvalue weighted by atomic mass is 9.87. The van der Waals surface area contributed by atoms with Gasteiger partial charge in [0.1, 0.15) is 17.7 Å². The van der Waals surface area contributed by atoms with Gasteiger partial charge in [0, 0.05) is 22.5 Å². The van der Waals surface area contributed by atoms with E-state index in [1.165, 1.54) is 32.1 Å². The van der Waals surface area contributed by atoms with E-state index in [1.807, 2.05) is 30.3 Å². The van der Waals surface area contributed by atoms with E-state index in [0.29, 0.717) is 23.3 Å². The molecule has 2 heterocycles. The molecule has 0 spiro atoms. The number of hydrogen-bond acceptors (Lipinski definition) is 5. The molecule has 7 nitrogen and oxygen atoms in total. The standard InChI is InChI=1S/C29H30N4O3/c1-35-23-14-9-20(10-15-23)28(34)30-21-11-7-19(8-12-21)27-32-24-16-13-22(17-25(24)33-27)31-29-26(36-29)18-5-3-2-4-6-18/h7-18,26,29,31H,2-6H2,1H3,(H,30,34)(H,32,33). The maximum Gasteiger partial charge on any atom is 0.255 e. The van der Waals surface area contributed by atoms with E-state index < -0.39 is 0 Å². The minimum atomic E-state index is -0.167. The summed E-state index contributed by atoms with van der Waals surface area (Å²) in [4.78, 5) is 20.7. The van der Waals surface area contributed by atoms with E-state index in [0.717, 1.165) is 33.8 Å². The average Bonchev–Trinajstić information content (AvgIpc) is 3.56. The third-order valence-corrected chi connectivity index (χ3v) is 7.20. The average molecular weight is 483 g/mol. The van der Waals surface area contributed by atoms with E-state index in [2.05, 4.69) is 27.8 Å². The summed E-state index contributed by atoms with van der Waals surface area (Å²) in [5.41, 5.74) is 5.17. The third-order valence-electron chi connectivity index (χ3n) is 7.20. The molecule has 6 rings (SSSR count). The van der Waals surface area contributed by atoms with Crippen molar-refractivity contribution in [3.8, 4) is 17.1 Å². The van der Waals surface area contributed by atoms with Crippen molar-refractivity contribution in [3.05, 3.63) is 72.3 Å². The number of nitrogens with zero attached hydrogens (tertiary/aromatic N) is 1. The van der Waals surface area contributed by atoms with E-state index in [1.54, 1.807) is 31.4 Å². The van der Waals surface area contributed by atoms with Crippen molar-refractivity contribution in [2.75, 3.05) is 17.7 Å². The Bertz CT molecular complexity index is 1360. The van der Waals surface area contributed by atoms with Gasteiger partial charge in [0.25, 0.3) is 5.91 Å². The number of hydrogen-bond donors (Lipinski definition) is 3. The molecule has 0 bridgehead atoms. The van der Waals surface area contributed by atoms with E-state index in [9.17, 15) is 4.79 Å². The first-order valence-corrected chi connectivity index (χ1v) is 12.6. The summed E-state index contributed by atoms with van der Waals surface area (Å²) < 4.78 is 11.1. The second kappa shape index (κ2) is 9.66. The number of anilines is 2. The topological polar surface area (TPSA) is 91.6 Å². The van der Waals surface area contributed by atoms with Gasteiger partial charge in [-0.1, -0.05) is 19.3 Å². The number of carbonyl (C=O) groups is 1. The Morgan fingerprint density at radius 1 is 0.972 bits per heavy atom. The predicted octanol–water partition coefficient (Wildman–Crippen LogP) is 6.21. The molecule has 0 radical (unpaired) electrons. The number of ether oxygens (including phenoxy) is 2. The van der Waals surface area contributed by atoms with Crippen molar-refractivity contribution in [1.29, 1.82) is 0 Å². The molecule has 1 aromatic heterocycles. The predicted molar refractivity (Wildman–Crippen MR) is 141 cm³/mol. The van der Waals surface area contributed by atoms with Gasteiger partial charge < -0.3 is 25.1 Å². The number of rotatable bonds is 7. The molecular weight excluding hydrogens is 452 g/mol. The van der Waals surface area contributed by atoms with Crippen LogP contribution in [0, 0.1) is 5.92 Å². The minimum Gasteiger partial charge on any atom is -0.497 e. The molecule has 184 valence electrons. The van der Waals surface area contributed by atoms with Crippen LogP contribution in [-0.4, -0.2) is 35.3 Å². The zero-order valence-corrected chi connectivity index (χ0v) is 20.3. The summed E-state index contributed by atoms with van der Waals surface area (Å²) in [5.74, 6) is 2.04. The van der Waals surface area contributed by atoms with Crippen LogP contribution < -0.4 is 15.4 Å². The molecule has 1 amide bonds. The Balaban J connectivity index is 1.10. The second-order valence-electron chi connectivity index (χ2n) is 9.64. The molecule has 2 fully saturated rings. The number of fused-ring (bicyclic) bond motifs is 1. The highest BCUT2D eigenvalue weighted by Crippen LogP contribution is 2.39. The van der Waals surface area contributed by atoms with Crippen LogP contribution in [0.3, 0.4) is 0 Å². The normalized spacial score (nSPS) is 19.7. The van der Waals surface area contributed by atoms with E-state index in [4.69, 9.17) is 14.5 Å². The second-order valence-corrected chi connectivity index (χ2v) is 9.64. The SMILES string of the molecule is COc1ccc(C(=O)Nc2ccc(-c3nc4ccc(NC5OC5C5CCCCC5)cc4[nH]3)cc2)cc1. The summed E-state index contributed by atoms with van der Waals surface area (Å²) in [5, 5.41) is 6.46. The lowest BCUT2D eigenvalue weighted by Gasteiger charge is -2.19. The van der Waals surface area contributed by atoms with Gasteiger partial charge in [-0.3, -0.25) is 4.79 Å². The molecule has 4 aromatic rings. The highest BCUT2D eigenvalue weighted by molar-refractivity contribution is 6.04. The van der Waals surface area contributed by atoms with E-state index in [-0.39, 0.29) is 12.1 Å². The molecule has 3 N–H and O–H groups in total. The van der Waals surface area contributed by atoms with Gasteiger partial charge in [-0.25, -0.2) is 4.98 Å². The molecule has 3 aromatic carbocycles. The zero-order chi connectivity index (χ0) is 24.5. The molecule has 1 saturated heterocycles. The van der Waals surface area contributed by atoms with Crippen LogP contribution in [0.2, 0.25) is 0 Å². The number of amides is 1. The summed E-state index contributed by atoms with van der Waals surface area (Å²) in [6, 6.07) is 20.9. The van der Waals surface area contributed by atoms with Gasteiger partial charge in [-0.2, -0.15) is 0 Å². The van der Waals surface area contributed by atoms with Gasteiger partial charge in [-0.15, -0.1) is 0 Å². The largest absolute Gasteiger partial charge is 0.497 e. The van der Waals surface area contributed by atoms with Gasteiger partial charge in [0.05, 0.1) is 18.1 Å². The fourth-order valence-corrected chi connectivity index (χ4v) is 5.12. The van der Waals surface area contributed by atoms with Crippen LogP contribution >= 0.6 is 0 Å². The number of nitrogens with one attached hydrogen (secondary N) is 3. The third kappa shape index (κ3) is 4.79. The van der Waals surface area contributed by atoms with Crippen LogP contribution in [-0.2, 0) is 4.74 Å². The molecule has 1 aliphatic heterocycles. The molecule has 36 heavy (non-hydrogen) atoms. The van der Waals surface area contributed by atoms with Gasteiger partial charge in [-0.05, 0) is 85.5 Å². The maximum atomic E-state index is 12.5. The molecule has 7 heteroatoms. The van der Waals surface area contributed by atoms with Crippen LogP contribution in [0.25, 0.3) is 22.4 Å². The van der Waals surface area contributed by atoms with Gasteiger partial charge in [0.2, 0.25) is 0 Å². The number of aromatic amines is 1. The Hall–Kier alpha value is -3.84. The van der Waals surface area contributed by atoms with E-state index >= 15 is 0 Å². The van der Waals surface area contributed by atoms with Crippen molar-refractivity contribution in [1.82, 2.24) is 9.97 Å². The molecule has 1 saturated carbocycles. The van der Waals surface area contributed by atoms with Crippen molar-refractivity contribution >= 4 is 28.3 Å². The van der Waals surface area contributed by atoms with Gasteiger partial charge in [0.15, 0.2) is 6.23 Å². The first kappa shape index (κ1) is 22.6. The molecule has 2 aliphatic rings. The number of aromatic nitrogens is 2. The lowest BCUT2D eigenvalue weighted by Crippen LogP contribution is -2.17. The maximum absolute atomic E-state index is 12.5. The van der Waals surface area contributed by atoms with Crippen LogP contribution in [0.15, 0.2) is 66.7 Å². The fraction of sp³-hybridized carbons (Fsp3) is 0.310. The molecule has 1 aliphatic carbocycles. The van der Waals surface area contributed by atoms with Crippen molar-refractivity contribution in [2.45, 2.75) is 44.4 Å². The number of benzene rings is 3. The Morgan fingerprint density at radius 3 is 2.47 bits per heavy atom. The highest BCUT2D eigenvalue weighted by Gasteiger charge is 2.44. The summed E-state index contributed by atoms with van der Waals surface area (Å²) in [6.45, 7) is 0. The minimum absolute atomic E-state index is 0.119. The summed E-state index contributed by atoms with van der Waals surface area (Å²) >= 11 is 0. The number of H-pyrrole nitrogens is 1. The van der Waals surface area contributed by atoms with Crippen molar-refractivity contribution < 1.29 is 14.3 Å². The highest BCUT2D eigenvalue weighted by atomic mass is 16.6. The monoisotopic (exact) mass is 482 g/mol. The van der Waals surface area contributed by atoms with Crippen LogP contribution in [0.5, 0.6) is 5.75 Å². The summed E-state index contributed by atoms with van der Waals surface area (Å²) in [6.07, 6.45) is 7.06.